The number of methoxy groups -OCH3 is 1. The number of ether oxygens (including phenoxy) is 2. The minimum Gasteiger partial charge on any atom is -0.382 e. The molecule has 0 aromatic heterocycles. The fourth-order valence-electron chi connectivity index (χ4n) is 0.411. The molecule has 0 rings (SSSR count). The fraction of sp³-hybridized carbons (Fsp3) is 1.00. The lowest BCUT2D eigenvalue weighted by molar-refractivity contribution is 0.0656. The van der Waals surface area contributed by atoms with E-state index in [4.69, 9.17) is 15.2 Å². The summed E-state index contributed by atoms with van der Waals surface area (Å²) in [7, 11) is 1.65. The van der Waals surface area contributed by atoms with E-state index < -0.39 is 0 Å². The Morgan fingerprint density at radius 1 is 1.44 bits per heavy atom. The summed E-state index contributed by atoms with van der Waals surface area (Å²) in [6.07, 6.45) is 0. The summed E-state index contributed by atoms with van der Waals surface area (Å²) in [5, 5.41) is 0. The normalized spacial score (nSPS) is 13.7. The van der Waals surface area contributed by atoms with Crippen molar-refractivity contribution in [2.45, 2.75) is 13.0 Å². The molecule has 0 fully saturated rings. The molecular formula is C6H15NO2. The molecular weight excluding hydrogens is 118 g/mol. The summed E-state index contributed by atoms with van der Waals surface area (Å²) < 4.78 is 9.84. The molecule has 56 valence electrons. The van der Waals surface area contributed by atoms with E-state index in [2.05, 4.69) is 0 Å². The van der Waals surface area contributed by atoms with Crippen molar-refractivity contribution in [3.8, 4) is 0 Å². The van der Waals surface area contributed by atoms with Gasteiger partial charge in [0.25, 0.3) is 0 Å². The number of hydrogen-bond donors (Lipinski definition) is 1. The summed E-state index contributed by atoms with van der Waals surface area (Å²) in [5.41, 5.74) is 5.41. The lowest BCUT2D eigenvalue weighted by atomic mass is 10.4. The third-order valence-electron chi connectivity index (χ3n) is 0.813. The third-order valence-corrected chi connectivity index (χ3v) is 0.813. The average Bonchev–Trinajstić information content (AvgIpc) is 1.80. The maximum atomic E-state index is 5.41. The monoisotopic (exact) mass is 133 g/mol. The minimum absolute atomic E-state index is 0.127. The van der Waals surface area contributed by atoms with E-state index in [0.717, 1.165) is 0 Å². The second-order valence-corrected chi connectivity index (χ2v) is 2.04. The third kappa shape index (κ3) is 7.88. The average molecular weight is 133 g/mol. The van der Waals surface area contributed by atoms with Gasteiger partial charge in [-0.05, 0) is 6.92 Å². The summed E-state index contributed by atoms with van der Waals surface area (Å²) in [6, 6.07) is 0.127. The van der Waals surface area contributed by atoms with Crippen LogP contribution in [0.25, 0.3) is 0 Å². The van der Waals surface area contributed by atoms with E-state index in [1.54, 1.807) is 7.11 Å². The van der Waals surface area contributed by atoms with Crippen molar-refractivity contribution in [1.29, 1.82) is 0 Å². The van der Waals surface area contributed by atoms with Crippen LogP contribution in [0.3, 0.4) is 0 Å². The molecule has 0 radical (unpaired) electrons. The topological polar surface area (TPSA) is 44.5 Å². The molecule has 0 aliphatic rings. The molecule has 3 heteroatoms. The molecule has 0 aliphatic carbocycles. The van der Waals surface area contributed by atoms with Gasteiger partial charge in [-0.25, -0.2) is 0 Å². The van der Waals surface area contributed by atoms with Crippen molar-refractivity contribution in [3.05, 3.63) is 0 Å². The Bertz CT molecular complexity index is 57.0. The summed E-state index contributed by atoms with van der Waals surface area (Å²) in [6.45, 7) is 3.81. The Kier molecular flexibility index (Phi) is 5.93. The van der Waals surface area contributed by atoms with Crippen LogP contribution in [0.1, 0.15) is 6.92 Å². The zero-order chi connectivity index (χ0) is 7.11. The lowest BCUT2D eigenvalue weighted by Crippen LogP contribution is -2.22. The van der Waals surface area contributed by atoms with E-state index >= 15 is 0 Å². The maximum Gasteiger partial charge on any atom is 0.0701 e. The molecule has 0 heterocycles. The summed E-state index contributed by atoms with van der Waals surface area (Å²) >= 11 is 0. The number of nitrogens with two attached hydrogens (primary N) is 1. The number of rotatable bonds is 5. The predicted molar refractivity (Wildman–Crippen MR) is 36.3 cm³/mol. The first-order chi connectivity index (χ1) is 4.27. The van der Waals surface area contributed by atoms with Gasteiger partial charge in [0.2, 0.25) is 0 Å². The van der Waals surface area contributed by atoms with Crippen molar-refractivity contribution < 1.29 is 9.47 Å². The smallest absolute Gasteiger partial charge is 0.0701 e. The SMILES string of the molecule is COCCOCC(C)N. The van der Waals surface area contributed by atoms with Gasteiger partial charge in [0.05, 0.1) is 19.8 Å². The Labute approximate surface area is 56.1 Å². The Morgan fingerprint density at radius 2 is 2.11 bits per heavy atom. The molecule has 0 aliphatic heterocycles. The van der Waals surface area contributed by atoms with Gasteiger partial charge in [0.1, 0.15) is 0 Å². The molecule has 0 amide bonds. The molecule has 0 saturated heterocycles. The second-order valence-electron chi connectivity index (χ2n) is 2.04. The summed E-state index contributed by atoms with van der Waals surface area (Å²) in [5.74, 6) is 0. The molecule has 0 aromatic rings. The second kappa shape index (κ2) is 6.01. The quantitative estimate of drug-likeness (QED) is 0.537. The minimum atomic E-state index is 0.127. The zero-order valence-electron chi connectivity index (χ0n) is 6.09. The molecule has 3 nitrogen and oxygen atoms in total. The van der Waals surface area contributed by atoms with Gasteiger partial charge in [-0.2, -0.15) is 0 Å². The van der Waals surface area contributed by atoms with E-state index in [-0.39, 0.29) is 6.04 Å². The Hall–Kier alpha value is -0.120. The van der Waals surface area contributed by atoms with Crippen LogP contribution in [0.15, 0.2) is 0 Å². The zero-order valence-corrected chi connectivity index (χ0v) is 6.09. The maximum absolute atomic E-state index is 5.41. The standard InChI is InChI=1S/C6H15NO2/c1-6(7)5-9-4-3-8-2/h6H,3-5,7H2,1-2H3. The van der Waals surface area contributed by atoms with Gasteiger partial charge < -0.3 is 15.2 Å². The molecule has 1 unspecified atom stereocenters. The molecule has 0 spiro atoms. The van der Waals surface area contributed by atoms with Gasteiger partial charge in [-0.15, -0.1) is 0 Å². The molecule has 0 saturated carbocycles. The van der Waals surface area contributed by atoms with Crippen LogP contribution in [0.4, 0.5) is 0 Å². The van der Waals surface area contributed by atoms with Crippen LogP contribution < -0.4 is 5.73 Å². The van der Waals surface area contributed by atoms with Crippen molar-refractivity contribution >= 4 is 0 Å². The predicted octanol–water partition coefficient (Wildman–Crippen LogP) is -0.00340. The fourth-order valence-corrected chi connectivity index (χ4v) is 0.411. The van der Waals surface area contributed by atoms with Gasteiger partial charge in [-0.3, -0.25) is 0 Å². The largest absolute Gasteiger partial charge is 0.382 e. The van der Waals surface area contributed by atoms with E-state index in [1.807, 2.05) is 6.92 Å². The number of hydrogen-bond acceptors (Lipinski definition) is 3. The van der Waals surface area contributed by atoms with Gasteiger partial charge in [0, 0.05) is 13.2 Å². The highest BCUT2D eigenvalue weighted by atomic mass is 16.5. The van der Waals surface area contributed by atoms with Crippen LogP contribution in [0.5, 0.6) is 0 Å². The Balaban J connectivity index is 2.75. The van der Waals surface area contributed by atoms with Crippen LogP contribution in [0.2, 0.25) is 0 Å². The van der Waals surface area contributed by atoms with Crippen LogP contribution in [-0.4, -0.2) is 33.0 Å². The van der Waals surface area contributed by atoms with Crippen LogP contribution in [0, 0.1) is 0 Å². The summed E-state index contributed by atoms with van der Waals surface area (Å²) in [4.78, 5) is 0. The van der Waals surface area contributed by atoms with E-state index in [9.17, 15) is 0 Å². The highest BCUT2D eigenvalue weighted by Gasteiger charge is 1.91. The van der Waals surface area contributed by atoms with Crippen LogP contribution in [-0.2, 0) is 9.47 Å². The van der Waals surface area contributed by atoms with Gasteiger partial charge in [0.15, 0.2) is 0 Å². The molecule has 2 N–H and O–H groups in total. The van der Waals surface area contributed by atoms with Crippen LogP contribution >= 0.6 is 0 Å². The molecule has 0 bridgehead atoms. The van der Waals surface area contributed by atoms with Gasteiger partial charge >= 0.3 is 0 Å². The van der Waals surface area contributed by atoms with Crippen molar-refractivity contribution in [2.75, 3.05) is 26.9 Å². The first-order valence-corrected chi connectivity index (χ1v) is 3.09. The van der Waals surface area contributed by atoms with E-state index in [0.29, 0.717) is 19.8 Å². The molecule has 1 atom stereocenters. The van der Waals surface area contributed by atoms with Crippen molar-refractivity contribution in [2.24, 2.45) is 5.73 Å². The van der Waals surface area contributed by atoms with Crippen molar-refractivity contribution in [1.82, 2.24) is 0 Å². The first-order valence-electron chi connectivity index (χ1n) is 3.09. The first kappa shape index (κ1) is 8.88. The molecule has 9 heavy (non-hydrogen) atoms. The lowest BCUT2D eigenvalue weighted by Gasteiger charge is -2.04. The molecule has 0 aromatic carbocycles. The highest BCUT2D eigenvalue weighted by molar-refractivity contribution is 4.47. The van der Waals surface area contributed by atoms with Gasteiger partial charge in [-0.1, -0.05) is 0 Å². The highest BCUT2D eigenvalue weighted by Crippen LogP contribution is 1.79. The van der Waals surface area contributed by atoms with E-state index in [1.165, 1.54) is 0 Å². The Morgan fingerprint density at radius 3 is 2.56 bits per heavy atom. The van der Waals surface area contributed by atoms with Crippen molar-refractivity contribution in [3.63, 3.8) is 0 Å².